The van der Waals surface area contributed by atoms with E-state index in [-0.39, 0.29) is 98.2 Å². The number of hydrogen-bond donors (Lipinski definition) is 2. The van der Waals surface area contributed by atoms with E-state index in [1.165, 1.54) is 104 Å². The molecule has 2 N–H and O–H groups in total. The molecule has 9 aromatic heterocycles. The van der Waals surface area contributed by atoms with Crippen molar-refractivity contribution in [2.45, 2.75) is 194 Å². The van der Waals surface area contributed by atoms with Crippen molar-refractivity contribution < 1.29 is 38.3 Å². The fourth-order valence-corrected chi connectivity index (χ4v) is 26.0. The van der Waals surface area contributed by atoms with Crippen LogP contribution >= 0.6 is 68.0 Å². The molecule has 1 unspecified atom stereocenters. The van der Waals surface area contributed by atoms with E-state index in [4.69, 9.17) is 4.74 Å². The van der Waals surface area contributed by atoms with Gasteiger partial charge in [0, 0.05) is 111 Å². The molecule has 0 radical (unpaired) electrons. The first-order valence-corrected chi connectivity index (χ1v) is 54.0. The van der Waals surface area contributed by atoms with Crippen LogP contribution in [0.3, 0.4) is 0 Å². The zero-order valence-electron chi connectivity index (χ0n) is 83.9. The Balaban J connectivity index is 0.000000160. The first-order valence-electron chi connectivity index (χ1n) is 49.1. The molecule has 23 rings (SSSR count). The third-order valence-corrected chi connectivity index (χ3v) is 32.5. The molecule has 3 aliphatic carbocycles. The summed E-state index contributed by atoms with van der Waals surface area (Å²) < 4.78 is 10.9. The summed E-state index contributed by atoms with van der Waals surface area (Å²) in [5.74, 6) is 0.283. The summed E-state index contributed by atoms with van der Waals surface area (Å²) in [4.78, 5) is 111. The molecule has 15 aromatic rings. The number of ether oxygens (including phenoxy) is 1. The molecule has 0 saturated carbocycles. The predicted molar refractivity (Wildman–Crippen MR) is 645 cm³/mol. The van der Waals surface area contributed by atoms with Crippen LogP contribution in [0.25, 0.3) is 129 Å². The summed E-state index contributed by atoms with van der Waals surface area (Å²) in [6.07, 6.45) is 30.5. The summed E-state index contributed by atoms with van der Waals surface area (Å²) in [6, 6.07) is 69.3. The van der Waals surface area contributed by atoms with Crippen LogP contribution in [-0.4, -0.2) is 84.6 Å². The number of amides is 4. The SMILES string of the molecule is C.C.C.C.C.C.C/C=C/c1cc2c(s1)-c1sc(C)cc1C2=O.C/C=C/c1ccc(C2=C3C(=O)CC(c4ccc(C)cn4)=C3C(=O)N2)cc1.C/C=C/c1ccc(C2=C3C(=O)CC(c4ccc(C)s4)=C3C(=O)N2)s1.C/C=C/c1ccc(C2=C3C(=O)N(CC(C)C)C(c4ccc(C)s4)=C3C(=O)N2CC(C)C)s1.C/C=C/c1ccc2c3ccc(C)cc3n(-c3ccccc3)c2c1.C/C=C/c1ccc2c3ccc(C)cc3n(C3CCCCO3)c2c1. The van der Waals surface area contributed by atoms with Crippen LogP contribution in [0.15, 0.2) is 276 Å². The Hall–Kier alpha value is -14.0. The number of allylic oxidation sites excluding steroid dienone is 8. The van der Waals surface area contributed by atoms with Gasteiger partial charge in [-0.15, -0.1) is 68.0 Å². The molecule has 0 bridgehead atoms. The van der Waals surface area contributed by atoms with Crippen molar-refractivity contribution in [1.82, 2.24) is 34.6 Å². The van der Waals surface area contributed by atoms with E-state index >= 15 is 0 Å². The molecule has 1 fully saturated rings. The quantitative estimate of drug-likeness (QED) is 0.0844. The van der Waals surface area contributed by atoms with Crippen molar-refractivity contribution >= 4 is 223 Å². The maximum atomic E-state index is 13.8. The maximum Gasteiger partial charge on any atom is 0.261 e. The number of rotatable bonds is 18. The van der Waals surface area contributed by atoms with Gasteiger partial charge in [-0.25, -0.2) is 0 Å². The monoisotopic (exact) mass is 2110 g/mol. The number of nitrogens with zero attached hydrogens (tertiary/aromatic N) is 5. The molecule has 1 saturated heterocycles. The van der Waals surface area contributed by atoms with Gasteiger partial charge in [0.25, 0.3) is 23.6 Å². The van der Waals surface area contributed by atoms with E-state index in [9.17, 15) is 33.6 Å². The second kappa shape index (κ2) is 49.6. The predicted octanol–water partition coefficient (Wildman–Crippen LogP) is 34.5. The lowest BCUT2D eigenvalue weighted by Crippen LogP contribution is -2.33. The molecular formula is C129H139N7O8S6. The third kappa shape index (κ3) is 23.1. The molecule has 8 aliphatic rings. The highest BCUT2D eigenvalue weighted by atomic mass is 32.1. The largest absolute Gasteiger partial charge is 0.358 e. The maximum absolute atomic E-state index is 13.8. The van der Waals surface area contributed by atoms with Gasteiger partial charge in [0.1, 0.15) is 6.23 Å². The van der Waals surface area contributed by atoms with Crippen LogP contribution < -0.4 is 10.6 Å². The lowest BCUT2D eigenvalue weighted by atomic mass is 10.0. The van der Waals surface area contributed by atoms with Crippen molar-refractivity contribution in [3.8, 4) is 15.4 Å². The van der Waals surface area contributed by atoms with Gasteiger partial charge in [-0.05, 0) is 286 Å². The number of pyridine rings is 1. The van der Waals surface area contributed by atoms with Gasteiger partial charge in [-0.3, -0.25) is 38.5 Å². The lowest BCUT2D eigenvalue weighted by molar-refractivity contribution is -0.124. The van der Waals surface area contributed by atoms with Crippen LogP contribution in [0.4, 0.5) is 0 Å². The second-order valence-corrected chi connectivity index (χ2v) is 44.9. The van der Waals surface area contributed by atoms with Crippen molar-refractivity contribution in [2.75, 3.05) is 19.7 Å². The highest BCUT2D eigenvalue weighted by Gasteiger charge is 2.50. The minimum absolute atomic E-state index is 0. The fraction of sp³-hybridized carbons (Fsp3) is 0.256. The van der Waals surface area contributed by atoms with Gasteiger partial charge in [0.2, 0.25) is 0 Å². The molecule has 150 heavy (non-hydrogen) atoms. The van der Waals surface area contributed by atoms with Crippen molar-refractivity contribution in [3.63, 3.8) is 0 Å². The Morgan fingerprint density at radius 1 is 0.393 bits per heavy atom. The number of aryl methyl sites for hydroxylation is 6. The van der Waals surface area contributed by atoms with Crippen LogP contribution in [0, 0.1) is 53.4 Å². The number of carbonyl (C=O) groups is 7. The summed E-state index contributed by atoms with van der Waals surface area (Å²) in [5, 5.41) is 11.1. The molecule has 21 heteroatoms. The van der Waals surface area contributed by atoms with Gasteiger partial charge in [-0.2, -0.15) is 0 Å². The molecule has 15 nitrogen and oxygen atoms in total. The number of carbonyl (C=O) groups excluding carboxylic acids is 7. The Kier molecular flexibility index (Phi) is 38.0. The molecule has 4 amide bonds. The van der Waals surface area contributed by atoms with Gasteiger partial charge in [0.05, 0.1) is 108 Å². The molecular weight excluding hydrogens is 1970 g/mol. The fourth-order valence-electron chi connectivity index (χ4n) is 19.8. The van der Waals surface area contributed by atoms with E-state index in [1.54, 1.807) is 74.2 Å². The first kappa shape index (κ1) is 115. The van der Waals surface area contributed by atoms with Gasteiger partial charge >= 0.3 is 0 Å². The van der Waals surface area contributed by atoms with E-state index in [2.05, 4.69) is 246 Å². The van der Waals surface area contributed by atoms with Crippen LogP contribution in [-0.2, 0) is 33.5 Å². The molecule has 1 atom stereocenters. The highest BCUT2D eigenvalue weighted by molar-refractivity contribution is 7.24. The lowest BCUT2D eigenvalue weighted by Gasteiger charge is -2.26. The molecule has 6 aromatic carbocycles. The normalized spacial score (nSPS) is 15.5. The number of ketones is 3. The number of nitrogens with one attached hydrogen (secondary N) is 2. The molecule has 774 valence electrons. The van der Waals surface area contributed by atoms with Crippen LogP contribution in [0.1, 0.15) is 261 Å². The average Bonchev–Trinajstić information content (AvgIpc) is 1.55. The molecule has 14 heterocycles. The van der Waals surface area contributed by atoms with E-state index in [0.29, 0.717) is 87.4 Å². The van der Waals surface area contributed by atoms with Crippen LogP contribution in [0.5, 0.6) is 0 Å². The number of para-hydroxylation sites is 1. The van der Waals surface area contributed by atoms with E-state index < -0.39 is 0 Å². The summed E-state index contributed by atoms with van der Waals surface area (Å²) in [7, 11) is 0. The molecule has 5 aliphatic heterocycles. The Labute approximate surface area is 910 Å². The minimum Gasteiger partial charge on any atom is -0.358 e. The standard InChI is InChI=1S/C26H30N2O2S2.C22H18N2O2.C22H19N.C21H23NO.C19H15NO2S2.C13H10OS2.6CH4/c1-7-8-18-10-12-20(32-18)24-22-21(25(29)28(24)14-16(4)5)23(19-11-9-17(6)31-19)27(26(22)30)13-15(2)3;1-3-4-14-6-8-15(9-7-14)21-20-18(25)11-16(19(20)22(26)24-21)17-10-5-13(2)12-23-17;1-3-7-17-11-13-20-19-12-10-16(2)14-21(19)23(22(20)15-17)18-8-5-4-6-9-18;1-3-6-16-9-11-18-17-10-8-15(2)13-19(17)22(20(18)14-16)21-7-4-5-12-23-21;1-3-4-11-6-8-15(24-11)18-17-13(21)9-12(16(17)19(22)20-18)14-7-5-10(2)23-14;1-3-4-8-6-10-11(14)9-5-7(2)15-12(9)13(10)16-8;;;;;;/h7-12,15-16H,13-14H2,1-6H3;3-10,12H,11H2,1-2H3,(H,24,26);3-15H,1-2H3;3,6,8-11,13-14,21H,4-5,7,12H2,1-2H3;3-8H,9H2,1-2H3,(H,20,22);3-6H,1-2H3;6*1H4/b8-7+;4-3+;7-3+;6-3+;2*4-3+;;;;;;. The Morgan fingerprint density at radius 2 is 0.847 bits per heavy atom. The number of benzene rings is 6. The third-order valence-electron chi connectivity index (χ3n) is 26.0. The first-order chi connectivity index (χ1) is 69.6. The number of aromatic nitrogens is 3. The van der Waals surface area contributed by atoms with E-state index in [0.717, 1.165) is 96.8 Å². The van der Waals surface area contributed by atoms with E-state index in [1.807, 2.05) is 173 Å². The Morgan fingerprint density at radius 3 is 1.39 bits per heavy atom. The molecule has 0 spiro atoms. The van der Waals surface area contributed by atoms with Gasteiger partial charge < -0.3 is 34.3 Å². The minimum atomic E-state index is -0.226. The van der Waals surface area contributed by atoms with Gasteiger partial charge in [0.15, 0.2) is 17.3 Å². The zero-order valence-corrected chi connectivity index (χ0v) is 88.8. The summed E-state index contributed by atoms with van der Waals surface area (Å²) in [6.45, 7) is 34.9. The smallest absolute Gasteiger partial charge is 0.261 e. The van der Waals surface area contributed by atoms with Gasteiger partial charge in [-0.1, -0.05) is 224 Å². The number of fused-ring (bicyclic) bond motifs is 12. The van der Waals surface area contributed by atoms with Crippen molar-refractivity contribution in [2.24, 2.45) is 11.8 Å². The zero-order chi connectivity index (χ0) is 101. The highest BCUT2D eigenvalue weighted by Crippen LogP contribution is 2.53. The topological polar surface area (TPSA) is 182 Å². The summed E-state index contributed by atoms with van der Waals surface area (Å²) in [5.41, 5.74) is 24.5. The number of thiophene rings is 6. The average molecular weight is 2110 g/mol. The summed E-state index contributed by atoms with van der Waals surface area (Å²) >= 11 is 9.90. The second-order valence-electron chi connectivity index (χ2n) is 37.7. The van der Waals surface area contributed by atoms with Crippen molar-refractivity contribution in [3.05, 3.63) is 381 Å². The Bertz CT molecular complexity index is 8080. The van der Waals surface area contributed by atoms with Crippen molar-refractivity contribution in [1.29, 1.82) is 0 Å². The number of Topliss-reactive ketones (excluding diaryl/α,β-unsaturated/α-hetero) is 2. The number of hydrogen-bond acceptors (Lipinski definition) is 15. The van der Waals surface area contributed by atoms with Crippen LogP contribution in [0.2, 0.25) is 0 Å².